The topological polar surface area (TPSA) is 82.9 Å². The van der Waals surface area contributed by atoms with Crippen LogP contribution in [0.1, 0.15) is 18.1 Å². The summed E-state index contributed by atoms with van der Waals surface area (Å²) in [6.45, 7) is 2.39. The predicted molar refractivity (Wildman–Crippen MR) is 117 cm³/mol. The molecule has 7 nitrogen and oxygen atoms in total. The van der Waals surface area contributed by atoms with Crippen LogP contribution in [0.25, 0.3) is 10.8 Å². The second kappa shape index (κ2) is 8.20. The van der Waals surface area contributed by atoms with Crippen LogP contribution in [-0.4, -0.2) is 36.4 Å². The van der Waals surface area contributed by atoms with Gasteiger partial charge in [0.1, 0.15) is 12.1 Å². The second-order valence-electron chi connectivity index (χ2n) is 8.09. The Morgan fingerprint density at radius 2 is 1.68 bits per heavy atom. The maximum atomic E-state index is 12.9. The molecule has 0 aliphatic carbocycles. The highest BCUT2D eigenvalue weighted by Crippen LogP contribution is 2.27. The molecule has 0 spiro atoms. The molecule has 1 aliphatic rings. The van der Waals surface area contributed by atoms with Crippen molar-refractivity contribution in [2.75, 3.05) is 13.6 Å². The third kappa shape index (κ3) is 4.13. The lowest BCUT2D eigenvalue weighted by Crippen LogP contribution is -3.09. The summed E-state index contributed by atoms with van der Waals surface area (Å²) >= 11 is 0. The van der Waals surface area contributed by atoms with Crippen LogP contribution in [0.4, 0.5) is 4.79 Å². The molecule has 2 atom stereocenters. The zero-order valence-corrected chi connectivity index (χ0v) is 17.5. The molecule has 1 aliphatic heterocycles. The molecule has 1 unspecified atom stereocenters. The summed E-state index contributed by atoms with van der Waals surface area (Å²) in [6, 6.07) is 22.7. The molecule has 1 saturated heterocycles. The Bertz CT molecular complexity index is 1150. The van der Waals surface area contributed by atoms with E-state index in [4.69, 9.17) is 0 Å². The smallest absolute Gasteiger partial charge is 0.326 e. The first kappa shape index (κ1) is 20.6. The molecule has 0 aromatic heterocycles. The highest BCUT2D eigenvalue weighted by molar-refractivity contribution is 6.08. The van der Waals surface area contributed by atoms with Crippen molar-refractivity contribution in [3.8, 4) is 0 Å². The number of urea groups is 1. The van der Waals surface area contributed by atoms with E-state index < -0.39 is 23.4 Å². The lowest BCUT2D eigenvalue weighted by Gasteiger charge is -2.22. The number of benzene rings is 3. The molecule has 4 amide bonds. The SMILES string of the molecule is C[NH+](CC(=O)NN1C(=O)N[C@@](C)(c2ccccc2)C1=O)Cc1ccc2ccccc2c1. The first-order valence-corrected chi connectivity index (χ1v) is 10.2. The molecule has 0 bridgehead atoms. The molecule has 7 heteroatoms. The molecule has 3 aromatic rings. The third-order valence-electron chi connectivity index (χ3n) is 5.56. The predicted octanol–water partition coefficient (Wildman–Crippen LogP) is 1.35. The number of carbonyl (C=O) groups excluding carboxylic acids is 3. The number of hydrogen-bond acceptors (Lipinski definition) is 3. The molecule has 1 fully saturated rings. The number of nitrogens with one attached hydrogen (secondary N) is 3. The van der Waals surface area contributed by atoms with Crippen molar-refractivity contribution < 1.29 is 19.3 Å². The van der Waals surface area contributed by atoms with E-state index in [-0.39, 0.29) is 6.54 Å². The zero-order valence-electron chi connectivity index (χ0n) is 17.5. The summed E-state index contributed by atoms with van der Waals surface area (Å²) in [6.07, 6.45) is 0. The van der Waals surface area contributed by atoms with Crippen molar-refractivity contribution in [2.24, 2.45) is 0 Å². The Labute approximate surface area is 180 Å². The molecule has 3 aromatic carbocycles. The number of imide groups is 1. The second-order valence-corrected chi connectivity index (χ2v) is 8.09. The number of quaternary nitrogens is 1. The van der Waals surface area contributed by atoms with Crippen LogP contribution in [0.15, 0.2) is 72.8 Å². The Hall–Kier alpha value is -3.71. The Morgan fingerprint density at radius 1 is 1.00 bits per heavy atom. The number of rotatable bonds is 6. The van der Waals surface area contributed by atoms with E-state index in [1.54, 1.807) is 31.2 Å². The maximum absolute atomic E-state index is 12.9. The summed E-state index contributed by atoms with van der Waals surface area (Å²) in [7, 11) is 1.90. The minimum atomic E-state index is -1.21. The molecule has 4 rings (SSSR count). The van der Waals surface area contributed by atoms with Crippen LogP contribution in [0.3, 0.4) is 0 Å². The van der Waals surface area contributed by atoms with Gasteiger partial charge in [0.15, 0.2) is 6.54 Å². The number of nitrogens with zero attached hydrogens (tertiary/aromatic N) is 1. The average Bonchev–Trinajstić information content (AvgIpc) is 2.98. The highest BCUT2D eigenvalue weighted by atomic mass is 16.2. The van der Waals surface area contributed by atoms with Gasteiger partial charge in [0.25, 0.3) is 11.8 Å². The van der Waals surface area contributed by atoms with Crippen molar-refractivity contribution in [3.05, 3.63) is 83.9 Å². The van der Waals surface area contributed by atoms with E-state index in [2.05, 4.69) is 35.0 Å². The summed E-state index contributed by atoms with van der Waals surface area (Å²) in [5.74, 6) is -0.914. The fourth-order valence-electron chi connectivity index (χ4n) is 3.91. The van der Waals surface area contributed by atoms with Crippen LogP contribution in [-0.2, 0) is 21.7 Å². The van der Waals surface area contributed by atoms with Gasteiger partial charge in [-0.2, -0.15) is 5.01 Å². The molecule has 1 heterocycles. The normalized spacial score (nSPS) is 19.4. The van der Waals surface area contributed by atoms with E-state index >= 15 is 0 Å². The average molecular weight is 417 g/mol. The number of amides is 4. The molecule has 3 N–H and O–H groups in total. The van der Waals surface area contributed by atoms with Gasteiger partial charge in [-0.25, -0.2) is 4.79 Å². The summed E-state index contributed by atoms with van der Waals surface area (Å²) in [5, 5.41) is 5.77. The van der Waals surface area contributed by atoms with Crippen molar-refractivity contribution in [2.45, 2.75) is 19.0 Å². The van der Waals surface area contributed by atoms with Gasteiger partial charge in [-0.05, 0) is 29.3 Å². The standard InChI is InChI=1S/C24H24N4O3/c1-24(20-10-4-3-5-11-20)22(30)28(23(31)25-24)26-21(29)16-27(2)15-17-12-13-18-8-6-7-9-19(18)14-17/h3-14H,15-16H2,1-2H3,(H,25,31)(H,26,29)/p+1/t24-/m0/s1. The molecule has 31 heavy (non-hydrogen) atoms. The molecule has 0 saturated carbocycles. The third-order valence-corrected chi connectivity index (χ3v) is 5.56. The quantitative estimate of drug-likeness (QED) is 0.530. The van der Waals surface area contributed by atoms with Crippen molar-refractivity contribution in [1.29, 1.82) is 0 Å². The Balaban J connectivity index is 1.38. The number of likely N-dealkylation sites (N-methyl/N-ethyl adjacent to an activating group) is 1. The van der Waals surface area contributed by atoms with Crippen LogP contribution in [0.2, 0.25) is 0 Å². The largest absolute Gasteiger partial charge is 0.344 e. The lowest BCUT2D eigenvalue weighted by molar-refractivity contribution is -0.885. The fraction of sp³-hybridized carbons (Fsp3) is 0.208. The van der Waals surface area contributed by atoms with Gasteiger partial charge in [0, 0.05) is 5.56 Å². The van der Waals surface area contributed by atoms with Crippen LogP contribution in [0.5, 0.6) is 0 Å². The van der Waals surface area contributed by atoms with Crippen molar-refractivity contribution in [3.63, 3.8) is 0 Å². The van der Waals surface area contributed by atoms with Gasteiger partial charge < -0.3 is 10.2 Å². The Kier molecular flexibility index (Phi) is 5.44. The molecule has 158 valence electrons. The van der Waals surface area contributed by atoms with E-state index in [1.165, 1.54) is 5.39 Å². The summed E-state index contributed by atoms with van der Waals surface area (Å²) in [4.78, 5) is 38.8. The minimum absolute atomic E-state index is 0.117. The van der Waals surface area contributed by atoms with Crippen LogP contribution >= 0.6 is 0 Å². The van der Waals surface area contributed by atoms with Gasteiger partial charge in [-0.1, -0.05) is 66.7 Å². The highest BCUT2D eigenvalue weighted by Gasteiger charge is 2.50. The number of hydrazine groups is 1. The number of hydrogen-bond donors (Lipinski definition) is 3. The van der Waals surface area contributed by atoms with Crippen molar-refractivity contribution >= 4 is 28.6 Å². The van der Waals surface area contributed by atoms with E-state index in [0.29, 0.717) is 12.1 Å². The minimum Gasteiger partial charge on any atom is -0.326 e. The number of fused-ring (bicyclic) bond motifs is 1. The van der Waals surface area contributed by atoms with Gasteiger partial charge in [0.2, 0.25) is 0 Å². The maximum Gasteiger partial charge on any atom is 0.344 e. The van der Waals surface area contributed by atoms with E-state index in [1.807, 2.05) is 31.3 Å². The van der Waals surface area contributed by atoms with Gasteiger partial charge in [-0.15, -0.1) is 0 Å². The van der Waals surface area contributed by atoms with Crippen LogP contribution < -0.4 is 15.6 Å². The molecule has 0 radical (unpaired) electrons. The van der Waals surface area contributed by atoms with E-state index in [9.17, 15) is 14.4 Å². The monoisotopic (exact) mass is 417 g/mol. The number of carbonyl (C=O) groups is 3. The van der Waals surface area contributed by atoms with Gasteiger partial charge >= 0.3 is 6.03 Å². The van der Waals surface area contributed by atoms with Crippen molar-refractivity contribution in [1.82, 2.24) is 15.8 Å². The van der Waals surface area contributed by atoms with Gasteiger partial charge in [-0.3, -0.25) is 15.0 Å². The molecular formula is C24H25N4O3+. The fourth-order valence-corrected chi connectivity index (χ4v) is 3.91. The first-order chi connectivity index (χ1) is 14.9. The van der Waals surface area contributed by atoms with Gasteiger partial charge in [0.05, 0.1) is 7.05 Å². The summed E-state index contributed by atoms with van der Waals surface area (Å²) in [5.41, 5.74) is 3.01. The Morgan fingerprint density at radius 3 is 2.42 bits per heavy atom. The molecular weight excluding hydrogens is 392 g/mol. The first-order valence-electron chi connectivity index (χ1n) is 10.2. The summed E-state index contributed by atoms with van der Waals surface area (Å²) < 4.78 is 0. The lowest BCUT2D eigenvalue weighted by atomic mass is 9.92. The zero-order chi connectivity index (χ0) is 22.0. The van der Waals surface area contributed by atoms with Crippen LogP contribution in [0, 0.1) is 0 Å². The van der Waals surface area contributed by atoms with E-state index in [0.717, 1.165) is 20.9 Å².